The molecule has 7 heteroatoms. The fourth-order valence-corrected chi connectivity index (χ4v) is 1.23. The Labute approximate surface area is 124 Å². The van der Waals surface area contributed by atoms with Gasteiger partial charge in [-0.1, -0.05) is 13.8 Å². The van der Waals surface area contributed by atoms with E-state index >= 15 is 0 Å². The molecule has 0 aromatic rings. The lowest BCUT2D eigenvalue weighted by molar-refractivity contribution is -0.133. The molecular weight excluding hydrogens is 276 g/mol. The second-order valence-corrected chi connectivity index (χ2v) is 5.06. The second-order valence-electron chi connectivity index (χ2n) is 5.06. The van der Waals surface area contributed by atoms with E-state index in [2.05, 4.69) is 24.5 Å². The number of amides is 3. The Kier molecular flexibility index (Phi) is 9.03. The first kappa shape index (κ1) is 19.1. The summed E-state index contributed by atoms with van der Waals surface area (Å²) in [5.41, 5.74) is -0.108. The van der Waals surface area contributed by atoms with Gasteiger partial charge >= 0.3 is 12.0 Å². The predicted molar refractivity (Wildman–Crippen MR) is 77.8 cm³/mol. The number of ether oxygens (including phenoxy) is 1. The Morgan fingerprint density at radius 1 is 1.10 bits per heavy atom. The largest absolute Gasteiger partial charge is 0.478 e. The maximum atomic E-state index is 11.6. The summed E-state index contributed by atoms with van der Waals surface area (Å²) >= 11 is 0. The topological polar surface area (TPSA) is 105 Å². The van der Waals surface area contributed by atoms with Crippen molar-refractivity contribution in [1.82, 2.24) is 10.6 Å². The first-order valence-corrected chi connectivity index (χ1v) is 6.83. The van der Waals surface area contributed by atoms with Crippen LogP contribution in [0.5, 0.6) is 0 Å². The first-order chi connectivity index (χ1) is 9.75. The molecule has 0 radical (unpaired) electrons. The third-order valence-corrected chi connectivity index (χ3v) is 2.82. The van der Waals surface area contributed by atoms with Crippen LogP contribution in [0.15, 0.2) is 11.1 Å². The van der Waals surface area contributed by atoms with Crippen molar-refractivity contribution in [2.75, 3.05) is 19.8 Å². The van der Waals surface area contributed by atoms with Crippen molar-refractivity contribution in [3.05, 3.63) is 11.1 Å². The Morgan fingerprint density at radius 3 is 2.24 bits per heavy atom. The van der Waals surface area contributed by atoms with Gasteiger partial charge in [0, 0.05) is 24.3 Å². The molecule has 120 valence electrons. The van der Waals surface area contributed by atoms with Gasteiger partial charge in [0.2, 0.25) is 0 Å². The summed E-state index contributed by atoms with van der Waals surface area (Å²) in [5, 5.41) is 13.3. The Bertz CT molecular complexity index is 416. The number of carbonyl (C=O) groups excluding carboxylic acids is 2. The summed E-state index contributed by atoms with van der Waals surface area (Å²) in [4.78, 5) is 33.7. The van der Waals surface area contributed by atoms with Gasteiger partial charge in [-0.15, -0.1) is 0 Å². The Hall–Kier alpha value is -1.89. The molecule has 0 saturated carbocycles. The van der Waals surface area contributed by atoms with E-state index in [1.807, 2.05) is 0 Å². The molecule has 7 nitrogen and oxygen atoms in total. The molecule has 3 N–H and O–H groups in total. The quantitative estimate of drug-likeness (QED) is 0.463. The van der Waals surface area contributed by atoms with E-state index in [0.29, 0.717) is 19.1 Å². The van der Waals surface area contributed by atoms with Gasteiger partial charge in [-0.25, -0.2) is 9.59 Å². The van der Waals surface area contributed by atoms with Gasteiger partial charge in [-0.3, -0.25) is 10.1 Å². The third kappa shape index (κ3) is 8.80. The lowest BCUT2D eigenvalue weighted by atomic mass is 10.1. The summed E-state index contributed by atoms with van der Waals surface area (Å²) in [6.45, 7) is 8.10. The van der Waals surface area contributed by atoms with E-state index in [-0.39, 0.29) is 17.7 Å². The Morgan fingerprint density at radius 2 is 1.71 bits per heavy atom. The van der Waals surface area contributed by atoms with Crippen molar-refractivity contribution >= 4 is 17.9 Å². The summed E-state index contributed by atoms with van der Waals surface area (Å²) in [6, 6.07) is -0.676. The fourth-order valence-electron chi connectivity index (χ4n) is 1.23. The molecule has 0 saturated heterocycles. The van der Waals surface area contributed by atoms with Crippen molar-refractivity contribution in [3.63, 3.8) is 0 Å². The highest BCUT2D eigenvalue weighted by molar-refractivity contribution is 6.07. The molecule has 0 atom stereocenters. The fraction of sp³-hybridized carbons (Fsp3) is 0.643. The van der Waals surface area contributed by atoms with Crippen LogP contribution in [0.4, 0.5) is 4.79 Å². The minimum atomic E-state index is -1.19. The maximum absolute atomic E-state index is 11.6. The highest BCUT2D eigenvalue weighted by Crippen LogP contribution is 2.03. The lowest BCUT2D eigenvalue weighted by Crippen LogP contribution is -2.41. The van der Waals surface area contributed by atoms with E-state index in [0.717, 1.165) is 6.42 Å². The van der Waals surface area contributed by atoms with Crippen molar-refractivity contribution in [2.45, 2.75) is 34.1 Å². The van der Waals surface area contributed by atoms with Gasteiger partial charge in [0.1, 0.15) is 0 Å². The van der Waals surface area contributed by atoms with Gasteiger partial charge in [0.05, 0.1) is 6.61 Å². The number of imide groups is 1. The van der Waals surface area contributed by atoms with Crippen LogP contribution in [0.1, 0.15) is 34.1 Å². The second kappa shape index (κ2) is 9.93. The van der Waals surface area contributed by atoms with Crippen molar-refractivity contribution in [2.24, 2.45) is 5.92 Å². The number of carbonyl (C=O) groups is 3. The zero-order chi connectivity index (χ0) is 16.4. The normalized spacial score (nSPS) is 11.9. The van der Waals surface area contributed by atoms with Gasteiger partial charge < -0.3 is 15.2 Å². The molecule has 0 bridgehead atoms. The van der Waals surface area contributed by atoms with Crippen LogP contribution in [-0.2, 0) is 14.3 Å². The molecule has 0 heterocycles. The van der Waals surface area contributed by atoms with Crippen LogP contribution in [-0.4, -0.2) is 42.8 Å². The van der Waals surface area contributed by atoms with Crippen LogP contribution in [0.2, 0.25) is 0 Å². The molecule has 0 aromatic carbocycles. The van der Waals surface area contributed by atoms with Gasteiger partial charge in [0.25, 0.3) is 5.91 Å². The van der Waals surface area contributed by atoms with Crippen LogP contribution in [0.25, 0.3) is 0 Å². The molecule has 0 aliphatic carbocycles. The zero-order valence-electron chi connectivity index (χ0n) is 13.0. The van der Waals surface area contributed by atoms with Crippen molar-refractivity contribution in [3.8, 4) is 0 Å². The number of carboxylic acids is 1. The molecule has 3 amide bonds. The number of urea groups is 1. The first-order valence-electron chi connectivity index (χ1n) is 6.83. The smallest absolute Gasteiger partial charge is 0.331 e. The monoisotopic (exact) mass is 300 g/mol. The number of hydrogen-bond donors (Lipinski definition) is 3. The molecule has 0 aliphatic rings. The average Bonchev–Trinajstić information content (AvgIpc) is 2.40. The number of carboxylic acid groups (broad SMARTS) is 1. The van der Waals surface area contributed by atoms with Crippen LogP contribution < -0.4 is 10.6 Å². The molecule has 0 unspecified atom stereocenters. The van der Waals surface area contributed by atoms with Gasteiger partial charge in [-0.2, -0.15) is 0 Å². The maximum Gasteiger partial charge on any atom is 0.331 e. The zero-order valence-corrected chi connectivity index (χ0v) is 13.0. The van der Waals surface area contributed by atoms with Gasteiger partial charge in [0.15, 0.2) is 0 Å². The predicted octanol–water partition coefficient (Wildman–Crippen LogP) is 1.30. The minimum absolute atomic E-state index is 0.00849. The van der Waals surface area contributed by atoms with Gasteiger partial charge in [-0.05, 0) is 26.2 Å². The van der Waals surface area contributed by atoms with E-state index in [4.69, 9.17) is 9.84 Å². The third-order valence-electron chi connectivity index (χ3n) is 2.82. The van der Waals surface area contributed by atoms with Crippen molar-refractivity contribution < 1.29 is 24.2 Å². The number of rotatable bonds is 8. The van der Waals surface area contributed by atoms with Crippen LogP contribution in [0.3, 0.4) is 0 Å². The standard InChI is InChI=1S/C14H24N2O5/c1-9(2)5-7-21-8-6-15-14(20)16-12(17)10(3)11(4)13(18)19/h9H,5-8H2,1-4H3,(H,18,19)(H2,15,16,17,20). The number of nitrogens with one attached hydrogen (secondary N) is 2. The molecule has 21 heavy (non-hydrogen) atoms. The minimum Gasteiger partial charge on any atom is -0.478 e. The van der Waals surface area contributed by atoms with E-state index < -0.39 is 17.9 Å². The van der Waals surface area contributed by atoms with Crippen LogP contribution in [0, 0.1) is 5.92 Å². The molecule has 0 fully saturated rings. The molecule has 0 rings (SSSR count). The van der Waals surface area contributed by atoms with E-state index in [9.17, 15) is 14.4 Å². The van der Waals surface area contributed by atoms with Crippen molar-refractivity contribution in [1.29, 1.82) is 0 Å². The molecule has 0 spiro atoms. The lowest BCUT2D eigenvalue weighted by Gasteiger charge is -2.09. The summed E-state index contributed by atoms with van der Waals surface area (Å²) < 4.78 is 5.30. The molecule has 0 aliphatic heterocycles. The molecule has 0 aromatic heterocycles. The SMILES string of the molecule is CC(C(=O)O)=C(C)C(=O)NC(=O)NCCOCCC(C)C. The van der Waals surface area contributed by atoms with E-state index in [1.54, 1.807) is 0 Å². The average molecular weight is 300 g/mol. The summed E-state index contributed by atoms with van der Waals surface area (Å²) in [5.74, 6) is -1.36. The van der Waals surface area contributed by atoms with Crippen LogP contribution >= 0.6 is 0 Å². The highest BCUT2D eigenvalue weighted by atomic mass is 16.5. The number of hydrogen-bond acceptors (Lipinski definition) is 4. The van der Waals surface area contributed by atoms with E-state index in [1.165, 1.54) is 13.8 Å². The summed E-state index contributed by atoms with van der Waals surface area (Å²) in [6.07, 6.45) is 0.948. The molecular formula is C14H24N2O5. The summed E-state index contributed by atoms with van der Waals surface area (Å²) in [7, 11) is 0. The highest BCUT2D eigenvalue weighted by Gasteiger charge is 2.14. The Balaban J connectivity index is 3.97. The number of aliphatic carboxylic acids is 1.